The predicted octanol–water partition coefficient (Wildman–Crippen LogP) is 12.6. The summed E-state index contributed by atoms with van der Waals surface area (Å²) in [6, 6.07) is 20.0. The van der Waals surface area contributed by atoms with Crippen LogP contribution in [-0.2, 0) is 0 Å². The number of hydrogen-bond acceptors (Lipinski definition) is 5. The standard InChI is InChI=1S/C50H31N5O/c1-5-19-43-38(13-1)39-14-2-6-20-44(39)55(43)45-21-7-3-16-42(45)50-53-48(34-25-23-32(24-26-34)33-27-29-51-30-28-33)52-49(54-50)36-12-9-11-35(31-36)37-17-10-18-41-40-15-4-8-22-46(40)56-47(37)41/h1-31H/i1D,2D,4D,5D,8D,10D,13D,14D,15D,17D,18D,19D,20D,22D. The molecular formula is C50H31N5O. The topological polar surface area (TPSA) is 69.6 Å². The van der Waals surface area contributed by atoms with Gasteiger partial charge in [0.15, 0.2) is 17.5 Å². The van der Waals surface area contributed by atoms with Crippen LogP contribution in [0.25, 0.3) is 106 Å². The van der Waals surface area contributed by atoms with Crippen molar-refractivity contribution < 1.29 is 23.6 Å². The van der Waals surface area contributed by atoms with Gasteiger partial charge in [0.05, 0.1) is 35.9 Å². The number of fused-ring (bicyclic) bond motifs is 6. The van der Waals surface area contributed by atoms with Crippen molar-refractivity contribution >= 4 is 43.7 Å². The molecular weight excluding hydrogens is 687 g/mol. The molecule has 0 bridgehead atoms. The molecule has 11 aromatic rings. The Morgan fingerprint density at radius 3 is 1.98 bits per heavy atom. The predicted molar refractivity (Wildman–Crippen MR) is 226 cm³/mol. The summed E-state index contributed by atoms with van der Waals surface area (Å²) in [7, 11) is 0. The third-order valence-corrected chi connectivity index (χ3v) is 9.60. The van der Waals surface area contributed by atoms with Crippen molar-refractivity contribution in [2.24, 2.45) is 0 Å². The summed E-state index contributed by atoms with van der Waals surface area (Å²) >= 11 is 0. The second-order valence-corrected chi connectivity index (χ2v) is 12.8. The molecule has 0 aliphatic carbocycles. The molecule has 0 aliphatic rings. The molecule has 0 unspecified atom stereocenters. The molecule has 0 atom stereocenters. The van der Waals surface area contributed by atoms with Gasteiger partial charge >= 0.3 is 0 Å². The molecule has 4 aromatic heterocycles. The Kier molecular flexibility index (Phi) is 4.80. The van der Waals surface area contributed by atoms with Gasteiger partial charge in [0.1, 0.15) is 11.2 Å². The van der Waals surface area contributed by atoms with Gasteiger partial charge in [-0.2, -0.15) is 0 Å². The maximum atomic E-state index is 9.14. The lowest BCUT2D eigenvalue weighted by Gasteiger charge is -2.15. The third-order valence-electron chi connectivity index (χ3n) is 9.60. The summed E-state index contributed by atoms with van der Waals surface area (Å²) < 4.78 is 130. The molecule has 0 saturated carbocycles. The number of hydrogen-bond donors (Lipinski definition) is 0. The lowest BCUT2D eigenvalue weighted by atomic mass is 10.00. The number of aromatic nitrogens is 5. The first-order chi connectivity index (χ1) is 33.6. The van der Waals surface area contributed by atoms with Crippen LogP contribution < -0.4 is 0 Å². The summed E-state index contributed by atoms with van der Waals surface area (Å²) in [4.78, 5) is 19.1. The Hall–Kier alpha value is -7.70. The number of pyridine rings is 1. The van der Waals surface area contributed by atoms with Gasteiger partial charge < -0.3 is 8.98 Å². The number of para-hydroxylation sites is 5. The van der Waals surface area contributed by atoms with E-state index in [0.29, 0.717) is 27.9 Å². The fraction of sp³-hybridized carbons (Fsp3) is 0. The molecule has 6 heteroatoms. The molecule has 0 N–H and O–H groups in total. The summed E-state index contributed by atoms with van der Waals surface area (Å²) in [5.74, 6) is 0.443. The first kappa shape index (κ1) is 20.7. The van der Waals surface area contributed by atoms with E-state index in [1.165, 1.54) is 10.6 Å². The van der Waals surface area contributed by atoms with Crippen LogP contribution in [0.1, 0.15) is 19.2 Å². The van der Waals surface area contributed by atoms with Crippen LogP contribution in [0.3, 0.4) is 0 Å². The fourth-order valence-electron chi connectivity index (χ4n) is 7.02. The molecule has 262 valence electrons. The maximum Gasteiger partial charge on any atom is 0.166 e. The molecule has 4 heterocycles. The normalized spacial score (nSPS) is 15.1. The zero-order valence-electron chi connectivity index (χ0n) is 43.0. The molecule has 0 radical (unpaired) electrons. The highest BCUT2D eigenvalue weighted by atomic mass is 16.3. The minimum Gasteiger partial charge on any atom is -0.455 e. The first-order valence-electron chi connectivity index (χ1n) is 24.5. The zero-order chi connectivity index (χ0) is 49.2. The van der Waals surface area contributed by atoms with Crippen LogP contribution in [0.2, 0.25) is 0 Å². The summed E-state index contributed by atoms with van der Waals surface area (Å²) in [6.45, 7) is 0. The van der Waals surface area contributed by atoms with Crippen LogP contribution in [0, 0.1) is 0 Å². The molecule has 0 saturated heterocycles. The third kappa shape index (κ3) is 5.27. The first-order valence-corrected chi connectivity index (χ1v) is 17.5. The Bertz CT molecular complexity index is 4070. The van der Waals surface area contributed by atoms with E-state index in [4.69, 9.17) is 38.6 Å². The van der Waals surface area contributed by atoms with E-state index in [2.05, 4.69) is 4.98 Å². The fourth-order valence-corrected chi connectivity index (χ4v) is 7.02. The Balaban J connectivity index is 1.17. The SMILES string of the molecule is [2H]c1cc([2H])c2c(c1[2H])c1c([2H])c([2H])c([2H])c([2H])c1n2-c1ccccc1-c1nc(-c2ccc(-c3ccncc3)cc2)nc(-c2cccc(-c3c([2H])c([2H])c([2H])c4c3oc3c([2H])c([2H])c([2H])c([2H])c34)c2)n1. The highest BCUT2D eigenvalue weighted by Crippen LogP contribution is 2.39. The second-order valence-electron chi connectivity index (χ2n) is 12.8. The lowest BCUT2D eigenvalue weighted by Crippen LogP contribution is -2.03. The van der Waals surface area contributed by atoms with Crippen LogP contribution in [-0.4, -0.2) is 24.5 Å². The van der Waals surface area contributed by atoms with E-state index in [0.717, 1.165) is 11.1 Å². The highest BCUT2D eigenvalue weighted by molar-refractivity contribution is 6.10. The smallest absolute Gasteiger partial charge is 0.166 e. The molecule has 0 amide bonds. The zero-order valence-corrected chi connectivity index (χ0v) is 29.0. The monoisotopic (exact) mass is 731 g/mol. The van der Waals surface area contributed by atoms with Crippen molar-refractivity contribution in [1.29, 1.82) is 0 Å². The van der Waals surface area contributed by atoms with Crippen molar-refractivity contribution in [3.05, 3.63) is 188 Å². The summed E-state index contributed by atoms with van der Waals surface area (Å²) in [5, 5.41) is -0.126. The van der Waals surface area contributed by atoms with Crippen molar-refractivity contribution in [3.63, 3.8) is 0 Å². The number of benzene rings is 7. The van der Waals surface area contributed by atoms with Crippen molar-refractivity contribution in [1.82, 2.24) is 24.5 Å². The molecule has 0 aliphatic heterocycles. The summed E-state index contributed by atoms with van der Waals surface area (Å²) in [5.41, 5.74) is 3.59. The van der Waals surface area contributed by atoms with Crippen LogP contribution in [0.15, 0.2) is 192 Å². The van der Waals surface area contributed by atoms with E-state index >= 15 is 0 Å². The Morgan fingerprint density at radius 1 is 0.446 bits per heavy atom. The number of furan rings is 1. The summed E-state index contributed by atoms with van der Waals surface area (Å²) in [6.07, 6.45) is 3.38. The molecule has 0 fully saturated rings. The minimum absolute atomic E-state index is 0.0113. The van der Waals surface area contributed by atoms with Crippen LogP contribution in [0.5, 0.6) is 0 Å². The van der Waals surface area contributed by atoms with Gasteiger partial charge in [0.25, 0.3) is 0 Å². The van der Waals surface area contributed by atoms with Crippen molar-refractivity contribution in [3.8, 4) is 62.1 Å². The van der Waals surface area contributed by atoms with Gasteiger partial charge in [-0.1, -0.05) is 127 Å². The van der Waals surface area contributed by atoms with Gasteiger partial charge in [-0.15, -0.1) is 0 Å². The highest BCUT2D eigenvalue weighted by Gasteiger charge is 2.20. The average molecular weight is 732 g/mol. The van der Waals surface area contributed by atoms with Gasteiger partial charge in [-0.25, -0.2) is 15.0 Å². The van der Waals surface area contributed by atoms with E-state index in [-0.39, 0.29) is 91.0 Å². The van der Waals surface area contributed by atoms with E-state index in [9.17, 15) is 0 Å². The molecule has 0 spiro atoms. The largest absolute Gasteiger partial charge is 0.455 e. The van der Waals surface area contributed by atoms with Crippen LogP contribution >= 0.6 is 0 Å². The van der Waals surface area contributed by atoms with Crippen molar-refractivity contribution in [2.75, 3.05) is 0 Å². The van der Waals surface area contributed by atoms with E-state index in [1.54, 1.807) is 60.9 Å². The minimum atomic E-state index is -0.537. The maximum absolute atomic E-state index is 9.14. The quantitative estimate of drug-likeness (QED) is 0.170. The van der Waals surface area contributed by atoms with Crippen molar-refractivity contribution in [2.45, 2.75) is 0 Å². The Morgan fingerprint density at radius 2 is 1.11 bits per heavy atom. The van der Waals surface area contributed by atoms with E-state index in [1.807, 2.05) is 36.4 Å². The van der Waals surface area contributed by atoms with Gasteiger partial charge in [-0.3, -0.25) is 4.98 Å². The Labute approximate surface area is 341 Å². The van der Waals surface area contributed by atoms with Gasteiger partial charge in [-0.05, 0) is 65.1 Å². The molecule has 7 aromatic carbocycles. The second kappa shape index (κ2) is 13.0. The van der Waals surface area contributed by atoms with Gasteiger partial charge in [0, 0.05) is 56.2 Å². The average Bonchev–Trinajstić information content (AvgIpc) is 3.96. The molecule has 11 rings (SSSR count). The van der Waals surface area contributed by atoms with E-state index < -0.39 is 60.4 Å². The number of nitrogens with zero attached hydrogens (tertiary/aromatic N) is 5. The lowest BCUT2D eigenvalue weighted by molar-refractivity contribution is 0.670. The molecule has 6 nitrogen and oxygen atoms in total. The molecule has 56 heavy (non-hydrogen) atoms. The number of rotatable bonds is 6. The van der Waals surface area contributed by atoms with Crippen LogP contribution in [0.4, 0.5) is 0 Å². The van der Waals surface area contributed by atoms with Gasteiger partial charge in [0.2, 0.25) is 0 Å².